The van der Waals surface area contributed by atoms with Gasteiger partial charge in [-0.05, 0) is 63.0 Å². The number of hydrogen-bond donors (Lipinski definition) is 2. The Bertz CT molecular complexity index is 477. The van der Waals surface area contributed by atoms with Crippen LogP contribution in [0.15, 0.2) is 24.3 Å². The number of nitrogens with one attached hydrogen (secondary N) is 2. The van der Waals surface area contributed by atoms with Gasteiger partial charge in [-0.1, -0.05) is 18.2 Å². The Hall–Kier alpha value is -1.39. The second kappa shape index (κ2) is 7.05. The van der Waals surface area contributed by atoms with E-state index in [1.165, 1.54) is 31.5 Å². The molecule has 4 heteroatoms. The van der Waals surface area contributed by atoms with Gasteiger partial charge in [-0.3, -0.25) is 9.69 Å². The Kier molecular flexibility index (Phi) is 4.88. The quantitative estimate of drug-likeness (QED) is 0.873. The molecule has 0 aromatic heterocycles. The first-order valence-electron chi connectivity index (χ1n) is 8.12. The predicted molar refractivity (Wildman–Crippen MR) is 85.2 cm³/mol. The average Bonchev–Trinajstić information content (AvgIpc) is 3.14. The highest BCUT2D eigenvalue weighted by atomic mass is 16.1. The average molecular weight is 287 g/mol. The van der Waals surface area contributed by atoms with Gasteiger partial charge in [0.2, 0.25) is 5.91 Å². The van der Waals surface area contributed by atoms with E-state index in [9.17, 15) is 4.79 Å². The van der Waals surface area contributed by atoms with E-state index in [4.69, 9.17) is 0 Å². The van der Waals surface area contributed by atoms with Crippen LogP contribution in [0.5, 0.6) is 0 Å². The van der Waals surface area contributed by atoms with Gasteiger partial charge in [0.15, 0.2) is 0 Å². The third-order valence-corrected chi connectivity index (χ3v) is 4.52. The summed E-state index contributed by atoms with van der Waals surface area (Å²) in [7, 11) is 0. The van der Waals surface area contributed by atoms with Gasteiger partial charge in [0.05, 0.1) is 0 Å². The summed E-state index contributed by atoms with van der Waals surface area (Å²) in [6.45, 7) is 5.32. The topological polar surface area (TPSA) is 44.4 Å². The van der Waals surface area contributed by atoms with Crippen LogP contribution in [0.2, 0.25) is 0 Å². The molecule has 1 atom stereocenters. The second-order valence-corrected chi connectivity index (χ2v) is 6.25. The minimum absolute atomic E-state index is 0.151. The lowest BCUT2D eigenvalue weighted by molar-refractivity contribution is -0.116. The molecular weight excluding hydrogens is 262 g/mol. The fourth-order valence-electron chi connectivity index (χ4n) is 3.31. The van der Waals surface area contributed by atoms with Crippen LogP contribution in [0, 0.1) is 5.92 Å². The lowest BCUT2D eigenvalue weighted by atomic mass is 10.0. The molecule has 2 fully saturated rings. The van der Waals surface area contributed by atoms with Crippen molar-refractivity contribution in [2.45, 2.75) is 32.2 Å². The van der Waals surface area contributed by atoms with Crippen molar-refractivity contribution in [3.05, 3.63) is 29.8 Å². The van der Waals surface area contributed by atoms with Crippen LogP contribution in [0.3, 0.4) is 0 Å². The number of para-hydroxylation sites is 1. The van der Waals surface area contributed by atoms with E-state index in [0.717, 1.165) is 31.7 Å². The third kappa shape index (κ3) is 4.05. The molecule has 0 bridgehead atoms. The van der Waals surface area contributed by atoms with E-state index >= 15 is 0 Å². The summed E-state index contributed by atoms with van der Waals surface area (Å²) < 4.78 is 0. The Morgan fingerprint density at radius 2 is 2.10 bits per heavy atom. The number of carbonyl (C=O) groups excluding carboxylic acids is 1. The van der Waals surface area contributed by atoms with Crippen molar-refractivity contribution in [3.63, 3.8) is 0 Å². The minimum atomic E-state index is 0.151. The summed E-state index contributed by atoms with van der Waals surface area (Å²) in [4.78, 5) is 14.7. The molecule has 21 heavy (non-hydrogen) atoms. The molecule has 2 aliphatic rings. The van der Waals surface area contributed by atoms with Crippen molar-refractivity contribution in [1.82, 2.24) is 10.2 Å². The summed E-state index contributed by atoms with van der Waals surface area (Å²) in [5.41, 5.74) is 2.22. The molecule has 2 aliphatic heterocycles. The minimum Gasteiger partial charge on any atom is -0.326 e. The standard InChI is InChI=1S/C17H25N3O/c21-17(11-14-7-8-18-12-14)19-16-6-2-1-5-15(16)13-20-9-3-4-10-20/h1-2,5-6,14,18H,3-4,7-13H2,(H,19,21). The van der Waals surface area contributed by atoms with E-state index in [0.29, 0.717) is 12.3 Å². The zero-order valence-corrected chi connectivity index (χ0v) is 12.6. The molecule has 0 aliphatic carbocycles. The number of benzene rings is 1. The van der Waals surface area contributed by atoms with Crippen molar-refractivity contribution in [3.8, 4) is 0 Å². The van der Waals surface area contributed by atoms with E-state index in [2.05, 4.69) is 27.7 Å². The second-order valence-electron chi connectivity index (χ2n) is 6.25. The monoisotopic (exact) mass is 287 g/mol. The summed E-state index contributed by atoms with van der Waals surface area (Å²) >= 11 is 0. The summed E-state index contributed by atoms with van der Waals surface area (Å²) in [6, 6.07) is 8.21. The normalized spacial score (nSPS) is 22.6. The molecule has 114 valence electrons. The fraction of sp³-hybridized carbons (Fsp3) is 0.588. The zero-order chi connectivity index (χ0) is 14.5. The van der Waals surface area contributed by atoms with E-state index < -0.39 is 0 Å². The van der Waals surface area contributed by atoms with Crippen LogP contribution >= 0.6 is 0 Å². The first kappa shape index (κ1) is 14.5. The lowest BCUT2D eigenvalue weighted by Gasteiger charge is -2.18. The maximum Gasteiger partial charge on any atom is 0.224 e. The Labute approximate surface area is 126 Å². The SMILES string of the molecule is O=C(CC1CCNC1)Nc1ccccc1CN1CCCC1. The molecule has 1 aromatic carbocycles. The van der Waals surface area contributed by atoms with E-state index in [1.54, 1.807) is 0 Å². The molecule has 1 aromatic rings. The van der Waals surface area contributed by atoms with Crippen LogP contribution in [-0.2, 0) is 11.3 Å². The van der Waals surface area contributed by atoms with Crippen LogP contribution < -0.4 is 10.6 Å². The predicted octanol–water partition coefficient (Wildman–Crippen LogP) is 2.22. The van der Waals surface area contributed by atoms with Gasteiger partial charge < -0.3 is 10.6 Å². The number of likely N-dealkylation sites (tertiary alicyclic amines) is 1. The van der Waals surface area contributed by atoms with Crippen LogP contribution in [0.1, 0.15) is 31.2 Å². The molecule has 0 spiro atoms. The number of anilines is 1. The number of hydrogen-bond acceptors (Lipinski definition) is 3. The third-order valence-electron chi connectivity index (χ3n) is 4.52. The molecule has 0 radical (unpaired) electrons. The van der Waals surface area contributed by atoms with Crippen molar-refractivity contribution >= 4 is 11.6 Å². The number of amides is 1. The molecule has 2 heterocycles. The summed E-state index contributed by atoms with van der Waals surface area (Å²) in [6.07, 6.45) is 4.33. The molecule has 0 saturated carbocycles. The van der Waals surface area contributed by atoms with Gasteiger partial charge in [-0.2, -0.15) is 0 Å². The van der Waals surface area contributed by atoms with Crippen molar-refractivity contribution in [1.29, 1.82) is 0 Å². The lowest BCUT2D eigenvalue weighted by Crippen LogP contribution is -2.22. The number of rotatable bonds is 5. The van der Waals surface area contributed by atoms with Crippen molar-refractivity contribution in [2.75, 3.05) is 31.5 Å². The summed E-state index contributed by atoms with van der Waals surface area (Å²) in [5.74, 6) is 0.647. The van der Waals surface area contributed by atoms with E-state index in [1.807, 2.05) is 12.1 Å². The van der Waals surface area contributed by atoms with Crippen molar-refractivity contribution in [2.24, 2.45) is 5.92 Å². The van der Waals surface area contributed by atoms with Gasteiger partial charge >= 0.3 is 0 Å². The smallest absolute Gasteiger partial charge is 0.224 e. The number of carbonyl (C=O) groups is 1. The fourth-order valence-corrected chi connectivity index (χ4v) is 3.31. The Morgan fingerprint density at radius 1 is 1.29 bits per heavy atom. The highest BCUT2D eigenvalue weighted by molar-refractivity contribution is 5.91. The van der Waals surface area contributed by atoms with Crippen LogP contribution in [-0.4, -0.2) is 37.0 Å². The highest BCUT2D eigenvalue weighted by Crippen LogP contribution is 2.21. The van der Waals surface area contributed by atoms with Gasteiger partial charge in [0.25, 0.3) is 0 Å². The molecule has 1 amide bonds. The summed E-state index contributed by atoms with van der Waals surface area (Å²) in [5, 5.41) is 6.43. The molecule has 1 unspecified atom stereocenters. The first-order valence-corrected chi connectivity index (χ1v) is 8.12. The maximum absolute atomic E-state index is 12.2. The maximum atomic E-state index is 12.2. The molecule has 3 rings (SSSR count). The zero-order valence-electron chi connectivity index (χ0n) is 12.6. The largest absolute Gasteiger partial charge is 0.326 e. The van der Waals surface area contributed by atoms with Crippen LogP contribution in [0.4, 0.5) is 5.69 Å². The molecule has 2 saturated heterocycles. The van der Waals surface area contributed by atoms with Gasteiger partial charge in [0.1, 0.15) is 0 Å². The Morgan fingerprint density at radius 3 is 2.86 bits per heavy atom. The Balaban J connectivity index is 1.59. The van der Waals surface area contributed by atoms with Gasteiger partial charge in [-0.15, -0.1) is 0 Å². The van der Waals surface area contributed by atoms with Crippen molar-refractivity contribution < 1.29 is 4.79 Å². The van der Waals surface area contributed by atoms with E-state index in [-0.39, 0.29) is 5.91 Å². The van der Waals surface area contributed by atoms with Gasteiger partial charge in [0, 0.05) is 18.7 Å². The number of nitrogens with zero attached hydrogens (tertiary/aromatic N) is 1. The first-order chi connectivity index (χ1) is 10.3. The highest BCUT2D eigenvalue weighted by Gasteiger charge is 2.19. The van der Waals surface area contributed by atoms with Crippen LogP contribution in [0.25, 0.3) is 0 Å². The molecule has 2 N–H and O–H groups in total. The molecular formula is C17H25N3O. The van der Waals surface area contributed by atoms with Gasteiger partial charge in [-0.25, -0.2) is 0 Å². The molecule has 4 nitrogen and oxygen atoms in total.